The van der Waals surface area contributed by atoms with E-state index < -0.39 is 45.7 Å². The highest BCUT2D eigenvalue weighted by molar-refractivity contribution is 7.91. The second-order valence-corrected chi connectivity index (χ2v) is 9.31. The number of ether oxygens (including phenoxy) is 4. The lowest BCUT2D eigenvalue weighted by Gasteiger charge is -2.19. The second kappa shape index (κ2) is 8.65. The topological polar surface area (TPSA) is 91.0 Å². The van der Waals surface area contributed by atoms with E-state index in [-0.39, 0.29) is 23.0 Å². The number of sulfone groups is 1. The van der Waals surface area contributed by atoms with Crippen LogP contribution in [0.15, 0.2) is 53.4 Å². The first-order valence-electron chi connectivity index (χ1n) is 9.17. The number of hydrogen-bond acceptors (Lipinski definition) is 6. The summed E-state index contributed by atoms with van der Waals surface area (Å²) in [6.45, 7) is 3.31. The van der Waals surface area contributed by atoms with E-state index >= 15 is 0 Å². The molecule has 2 aromatic carbocycles. The lowest BCUT2D eigenvalue weighted by Crippen LogP contribution is -2.35. The van der Waals surface area contributed by atoms with E-state index in [1.165, 1.54) is 36.4 Å². The highest BCUT2D eigenvalue weighted by atomic mass is 32.2. The van der Waals surface area contributed by atoms with E-state index in [9.17, 15) is 26.7 Å². The van der Waals surface area contributed by atoms with Gasteiger partial charge in [0, 0.05) is 0 Å². The predicted molar refractivity (Wildman–Crippen MR) is 101 cm³/mol. The van der Waals surface area contributed by atoms with Gasteiger partial charge in [0.1, 0.15) is 29.5 Å². The van der Waals surface area contributed by atoms with Crippen LogP contribution in [-0.2, 0) is 24.4 Å². The molecule has 3 rings (SSSR count). The number of halogens is 3. The standard InChI is InChI=1S/C20H20F3O7S/c1-19(2)27-11-18(30-19)17(24)12-31(25,26)16-9-7-14(8-10-16)28-13-3-5-15(6-4-13)29-20(21,22)23/h3-10,17-18H,11-12H2,1-2H3/t17-,18-/m1/s1. The van der Waals surface area contributed by atoms with Crippen molar-refractivity contribution in [2.45, 2.75) is 43.1 Å². The summed E-state index contributed by atoms with van der Waals surface area (Å²) in [6, 6.07) is 10.1. The van der Waals surface area contributed by atoms with Gasteiger partial charge >= 0.3 is 6.36 Å². The number of hydrogen-bond donors (Lipinski definition) is 0. The fourth-order valence-corrected chi connectivity index (χ4v) is 4.27. The van der Waals surface area contributed by atoms with Crippen LogP contribution in [-0.4, -0.2) is 45.1 Å². The molecule has 0 unspecified atom stereocenters. The second-order valence-electron chi connectivity index (χ2n) is 7.28. The Morgan fingerprint density at radius 3 is 2.03 bits per heavy atom. The molecule has 1 fully saturated rings. The molecule has 31 heavy (non-hydrogen) atoms. The number of benzene rings is 2. The molecule has 1 radical (unpaired) electrons. The summed E-state index contributed by atoms with van der Waals surface area (Å²) in [5.74, 6) is -1.49. The van der Waals surface area contributed by atoms with E-state index in [0.29, 0.717) is 0 Å². The van der Waals surface area contributed by atoms with E-state index in [0.717, 1.165) is 12.1 Å². The molecule has 169 valence electrons. The first-order chi connectivity index (χ1) is 14.3. The molecule has 1 saturated heterocycles. The Kier molecular flexibility index (Phi) is 6.51. The van der Waals surface area contributed by atoms with Gasteiger partial charge in [-0.3, -0.25) is 0 Å². The van der Waals surface area contributed by atoms with E-state index in [2.05, 4.69) is 4.74 Å². The molecule has 7 nitrogen and oxygen atoms in total. The Bertz CT molecular complexity index is 987. The lowest BCUT2D eigenvalue weighted by atomic mass is 10.2. The summed E-state index contributed by atoms with van der Waals surface area (Å²) < 4.78 is 81.6. The van der Waals surface area contributed by atoms with Crippen molar-refractivity contribution >= 4 is 9.84 Å². The summed E-state index contributed by atoms with van der Waals surface area (Å²) in [5, 5.41) is 12.3. The molecule has 11 heteroatoms. The molecule has 0 aromatic heterocycles. The SMILES string of the molecule is CC1(C)OC[C@H]([C@H]([O])CS(=O)(=O)c2ccc(Oc3ccc(OC(F)(F)F)cc3)cc2)O1. The predicted octanol–water partition coefficient (Wildman–Crippen LogP) is 4.10. The summed E-state index contributed by atoms with van der Waals surface area (Å²) in [5.41, 5.74) is 0. The normalized spacial score (nSPS) is 19.7. The molecule has 0 spiro atoms. The molecule has 1 aliphatic rings. The van der Waals surface area contributed by atoms with Gasteiger partial charge in [0.25, 0.3) is 0 Å². The van der Waals surface area contributed by atoms with Crippen molar-refractivity contribution in [3.05, 3.63) is 48.5 Å². The maximum absolute atomic E-state index is 12.5. The Hall–Kier alpha value is -2.34. The minimum absolute atomic E-state index is 0.0241. The van der Waals surface area contributed by atoms with Crippen molar-refractivity contribution in [1.82, 2.24) is 0 Å². The molecule has 0 saturated carbocycles. The van der Waals surface area contributed by atoms with Crippen LogP contribution in [0, 0.1) is 0 Å². The van der Waals surface area contributed by atoms with Gasteiger partial charge in [-0.25, -0.2) is 13.5 Å². The van der Waals surface area contributed by atoms with Gasteiger partial charge in [0.05, 0.1) is 17.3 Å². The Morgan fingerprint density at radius 2 is 1.55 bits per heavy atom. The minimum atomic E-state index is -4.79. The van der Waals surface area contributed by atoms with Crippen LogP contribution >= 0.6 is 0 Å². The third-order valence-corrected chi connectivity index (χ3v) is 6.06. The zero-order valence-electron chi connectivity index (χ0n) is 16.6. The van der Waals surface area contributed by atoms with Gasteiger partial charge in [-0.2, -0.15) is 0 Å². The van der Waals surface area contributed by atoms with Gasteiger partial charge in [0.2, 0.25) is 0 Å². The zero-order chi connectivity index (χ0) is 22.9. The summed E-state index contributed by atoms with van der Waals surface area (Å²) >= 11 is 0. The van der Waals surface area contributed by atoms with Gasteiger partial charge in [0.15, 0.2) is 15.6 Å². The first kappa shape index (κ1) is 23.3. The number of alkyl halides is 3. The van der Waals surface area contributed by atoms with E-state index in [1.54, 1.807) is 13.8 Å². The third-order valence-electron chi connectivity index (χ3n) is 4.30. The maximum atomic E-state index is 12.5. The minimum Gasteiger partial charge on any atom is -0.457 e. The van der Waals surface area contributed by atoms with E-state index in [1.807, 2.05) is 0 Å². The van der Waals surface area contributed by atoms with Crippen molar-refractivity contribution in [2.75, 3.05) is 12.4 Å². The van der Waals surface area contributed by atoms with Crippen LogP contribution in [0.3, 0.4) is 0 Å². The smallest absolute Gasteiger partial charge is 0.457 e. The molecule has 1 aliphatic heterocycles. The van der Waals surface area contributed by atoms with Gasteiger partial charge in [-0.05, 0) is 62.4 Å². The monoisotopic (exact) mass is 461 g/mol. The summed E-state index contributed by atoms with van der Waals surface area (Å²) in [4.78, 5) is -0.0622. The zero-order valence-corrected chi connectivity index (χ0v) is 17.4. The Labute approximate surface area is 177 Å². The molecule has 0 aliphatic carbocycles. The fraction of sp³-hybridized carbons (Fsp3) is 0.400. The van der Waals surface area contributed by atoms with Crippen molar-refractivity contribution in [2.24, 2.45) is 0 Å². The van der Waals surface area contributed by atoms with Crippen molar-refractivity contribution in [3.63, 3.8) is 0 Å². The summed E-state index contributed by atoms with van der Waals surface area (Å²) in [7, 11) is -3.87. The van der Waals surface area contributed by atoms with Crippen LogP contribution in [0.25, 0.3) is 0 Å². The van der Waals surface area contributed by atoms with Crippen molar-refractivity contribution in [1.29, 1.82) is 0 Å². The van der Waals surface area contributed by atoms with Crippen LogP contribution in [0.4, 0.5) is 13.2 Å². The number of rotatable bonds is 7. The van der Waals surface area contributed by atoms with Crippen molar-refractivity contribution < 1.29 is 45.6 Å². The largest absolute Gasteiger partial charge is 0.573 e. The average Bonchev–Trinajstić information content (AvgIpc) is 3.02. The van der Waals surface area contributed by atoms with Gasteiger partial charge < -0.3 is 18.9 Å². The maximum Gasteiger partial charge on any atom is 0.573 e. The molecule has 0 bridgehead atoms. The average molecular weight is 461 g/mol. The molecule has 0 amide bonds. The molecule has 0 N–H and O–H groups in total. The Balaban J connectivity index is 1.61. The highest BCUT2D eigenvalue weighted by Crippen LogP contribution is 2.29. The summed E-state index contributed by atoms with van der Waals surface area (Å²) in [6.07, 6.45) is -7.17. The fourth-order valence-electron chi connectivity index (χ4n) is 2.88. The molecular weight excluding hydrogens is 441 g/mol. The Morgan fingerprint density at radius 1 is 1.03 bits per heavy atom. The van der Waals surface area contributed by atoms with Crippen LogP contribution in [0.1, 0.15) is 13.8 Å². The lowest BCUT2D eigenvalue weighted by molar-refractivity contribution is -0.274. The quantitative estimate of drug-likeness (QED) is 0.617. The van der Waals surface area contributed by atoms with Gasteiger partial charge in [-0.15, -0.1) is 13.2 Å². The van der Waals surface area contributed by atoms with Gasteiger partial charge in [-0.1, -0.05) is 0 Å². The van der Waals surface area contributed by atoms with Crippen molar-refractivity contribution in [3.8, 4) is 17.2 Å². The van der Waals surface area contributed by atoms with E-state index in [4.69, 9.17) is 14.2 Å². The molecule has 1 heterocycles. The third kappa shape index (κ3) is 6.57. The highest BCUT2D eigenvalue weighted by Gasteiger charge is 2.39. The first-order valence-corrected chi connectivity index (χ1v) is 10.8. The molecular formula is C20H20F3O7S. The van der Waals surface area contributed by atoms with Crippen LogP contribution in [0.2, 0.25) is 0 Å². The van der Waals surface area contributed by atoms with Crippen LogP contribution < -0.4 is 9.47 Å². The molecule has 2 atom stereocenters. The molecule has 2 aromatic rings. The van der Waals surface area contributed by atoms with Crippen LogP contribution in [0.5, 0.6) is 17.2 Å².